The first-order valence-corrected chi connectivity index (χ1v) is 4.98. The first-order valence-electron chi connectivity index (χ1n) is 4.98. The molecule has 0 spiro atoms. The van der Waals surface area contributed by atoms with Gasteiger partial charge in [0.15, 0.2) is 0 Å². The number of hydrogen-bond acceptors (Lipinski definition) is 5. The van der Waals surface area contributed by atoms with Crippen molar-refractivity contribution in [2.75, 3.05) is 26.3 Å². The fraction of sp³-hybridized carbons (Fsp3) is 0.400. The summed E-state index contributed by atoms with van der Waals surface area (Å²) < 4.78 is 9.76. The molecule has 1 aliphatic rings. The maximum absolute atomic E-state index is 11.7. The van der Waals surface area contributed by atoms with Crippen LogP contribution in [0.15, 0.2) is 27.6 Å². The Labute approximate surface area is 91.8 Å². The second-order valence-electron chi connectivity index (χ2n) is 3.38. The fourth-order valence-corrected chi connectivity index (χ4v) is 1.37. The van der Waals surface area contributed by atoms with Crippen LogP contribution in [0.1, 0.15) is 10.4 Å². The molecule has 0 radical (unpaired) electrons. The molecule has 1 aliphatic heterocycles. The van der Waals surface area contributed by atoms with Crippen LogP contribution in [-0.4, -0.2) is 37.2 Å². The minimum absolute atomic E-state index is 0.286. The van der Waals surface area contributed by atoms with Crippen LogP contribution in [-0.2, 0) is 4.74 Å². The molecule has 0 aliphatic carbocycles. The Morgan fingerprint density at radius 2 is 2.06 bits per heavy atom. The molecule has 1 fully saturated rings. The van der Waals surface area contributed by atoms with Crippen LogP contribution in [0.3, 0.4) is 0 Å². The van der Waals surface area contributed by atoms with Gasteiger partial charge in [-0.2, -0.15) is 0 Å². The standard InChI is InChI=1S/C10H12N2O4/c13-9-2-1-8(7-16-9)10(14)11-12-3-5-15-6-4-12/h1-2,7H,3-6H2,(H,11,14). The van der Waals surface area contributed by atoms with Crippen LogP contribution in [0, 0.1) is 0 Å². The van der Waals surface area contributed by atoms with E-state index in [4.69, 9.17) is 4.74 Å². The minimum Gasteiger partial charge on any atom is -0.430 e. The normalized spacial score (nSPS) is 17.0. The quantitative estimate of drug-likeness (QED) is 0.741. The number of carbonyl (C=O) groups is 1. The highest BCUT2D eigenvalue weighted by molar-refractivity contribution is 5.93. The predicted molar refractivity (Wildman–Crippen MR) is 54.8 cm³/mol. The number of nitrogens with zero attached hydrogens (tertiary/aromatic N) is 1. The second-order valence-corrected chi connectivity index (χ2v) is 3.38. The third-order valence-electron chi connectivity index (χ3n) is 2.23. The van der Waals surface area contributed by atoms with E-state index in [-0.39, 0.29) is 5.91 Å². The van der Waals surface area contributed by atoms with Crippen LogP contribution < -0.4 is 11.1 Å². The number of hydrogen-bond donors (Lipinski definition) is 1. The van der Waals surface area contributed by atoms with Crippen LogP contribution in [0.4, 0.5) is 0 Å². The second kappa shape index (κ2) is 4.91. The summed E-state index contributed by atoms with van der Waals surface area (Å²) in [5.74, 6) is -0.286. The molecule has 0 atom stereocenters. The Morgan fingerprint density at radius 1 is 1.31 bits per heavy atom. The first kappa shape index (κ1) is 10.8. The highest BCUT2D eigenvalue weighted by Gasteiger charge is 2.14. The molecule has 0 aromatic carbocycles. The van der Waals surface area contributed by atoms with Gasteiger partial charge in [0.25, 0.3) is 5.91 Å². The molecule has 6 heteroatoms. The molecule has 0 saturated carbocycles. The van der Waals surface area contributed by atoms with E-state index >= 15 is 0 Å². The first-order chi connectivity index (χ1) is 7.75. The SMILES string of the molecule is O=C(NN1CCOCC1)c1ccc(=O)oc1. The molecule has 0 unspecified atom stereocenters. The number of rotatable bonds is 2. The lowest BCUT2D eigenvalue weighted by molar-refractivity contribution is 0.0125. The largest absolute Gasteiger partial charge is 0.430 e. The van der Waals surface area contributed by atoms with Crippen molar-refractivity contribution in [3.8, 4) is 0 Å². The smallest absolute Gasteiger partial charge is 0.335 e. The maximum Gasteiger partial charge on any atom is 0.335 e. The Hall–Kier alpha value is -1.66. The predicted octanol–water partition coefficient (Wildman–Crippen LogP) is -0.383. The van der Waals surface area contributed by atoms with Gasteiger partial charge >= 0.3 is 5.63 Å². The molecular formula is C10H12N2O4. The van der Waals surface area contributed by atoms with Gasteiger partial charge in [-0.25, -0.2) is 9.80 Å². The van der Waals surface area contributed by atoms with E-state index in [0.717, 1.165) is 6.26 Å². The molecule has 1 aromatic heterocycles. The van der Waals surface area contributed by atoms with E-state index in [0.29, 0.717) is 31.9 Å². The van der Waals surface area contributed by atoms with Crippen molar-refractivity contribution in [1.29, 1.82) is 0 Å². The average molecular weight is 224 g/mol. The van der Waals surface area contributed by atoms with Crippen molar-refractivity contribution in [1.82, 2.24) is 10.4 Å². The van der Waals surface area contributed by atoms with E-state index in [1.165, 1.54) is 12.1 Å². The molecular weight excluding hydrogens is 212 g/mol. The monoisotopic (exact) mass is 224 g/mol. The van der Waals surface area contributed by atoms with Crippen molar-refractivity contribution in [3.05, 3.63) is 34.4 Å². The number of carbonyl (C=O) groups excluding carboxylic acids is 1. The van der Waals surface area contributed by atoms with Gasteiger partial charge in [-0.3, -0.25) is 10.2 Å². The van der Waals surface area contributed by atoms with Crippen molar-refractivity contribution >= 4 is 5.91 Å². The van der Waals surface area contributed by atoms with E-state index in [1.807, 2.05) is 0 Å². The zero-order valence-corrected chi connectivity index (χ0v) is 8.64. The van der Waals surface area contributed by atoms with Gasteiger partial charge in [0.05, 0.1) is 18.8 Å². The fourth-order valence-electron chi connectivity index (χ4n) is 1.37. The van der Waals surface area contributed by atoms with Crippen LogP contribution in [0.2, 0.25) is 0 Å². The summed E-state index contributed by atoms with van der Waals surface area (Å²) in [4.78, 5) is 22.4. The molecule has 1 aromatic rings. The van der Waals surface area contributed by atoms with E-state index in [1.54, 1.807) is 5.01 Å². The van der Waals surface area contributed by atoms with Gasteiger partial charge < -0.3 is 9.15 Å². The molecule has 16 heavy (non-hydrogen) atoms. The molecule has 1 N–H and O–H groups in total. The van der Waals surface area contributed by atoms with Crippen molar-refractivity contribution < 1.29 is 13.9 Å². The maximum atomic E-state index is 11.7. The molecule has 1 amide bonds. The summed E-state index contributed by atoms with van der Waals surface area (Å²) in [6.45, 7) is 2.51. The van der Waals surface area contributed by atoms with E-state index in [9.17, 15) is 9.59 Å². The molecule has 86 valence electrons. The number of hydrazine groups is 1. The zero-order valence-electron chi connectivity index (χ0n) is 8.64. The van der Waals surface area contributed by atoms with Crippen LogP contribution >= 0.6 is 0 Å². The average Bonchev–Trinajstić information content (AvgIpc) is 2.31. The summed E-state index contributed by atoms with van der Waals surface area (Å²) in [7, 11) is 0. The Bertz CT molecular complexity index is 403. The third kappa shape index (κ3) is 2.68. The lowest BCUT2D eigenvalue weighted by Crippen LogP contribution is -2.48. The summed E-state index contributed by atoms with van der Waals surface area (Å²) in [6.07, 6.45) is 1.15. The lowest BCUT2D eigenvalue weighted by atomic mass is 10.3. The van der Waals surface area contributed by atoms with Gasteiger partial charge in [-0.05, 0) is 6.07 Å². The molecule has 2 heterocycles. The number of morpholine rings is 1. The summed E-state index contributed by atoms with van der Waals surface area (Å²) in [5, 5.41) is 1.77. The topological polar surface area (TPSA) is 71.8 Å². The zero-order chi connectivity index (χ0) is 11.4. The number of nitrogens with one attached hydrogen (secondary N) is 1. The van der Waals surface area contributed by atoms with Crippen LogP contribution in [0.5, 0.6) is 0 Å². The Balaban J connectivity index is 1.96. The van der Waals surface area contributed by atoms with Crippen LogP contribution in [0.25, 0.3) is 0 Å². The highest BCUT2D eigenvalue weighted by Crippen LogP contribution is 1.98. The van der Waals surface area contributed by atoms with Crippen molar-refractivity contribution in [3.63, 3.8) is 0 Å². The van der Waals surface area contributed by atoms with Gasteiger partial charge in [-0.1, -0.05) is 0 Å². The summed E-state index contributed by atoms with van der Waals surface area (Å²) >= 11 is 0. The number of ether oxygens (including phenoxy) is 1. The van der Waals surface area contributed by atoms with E-state index < -0.39 is 5.63 Å². The molecule has 2 rings (SSSR count). The molecule has 1 saturated heterocycles. The summed E-state index contributed by atoms with van der Waals surface area (Å²) in [5.41, 5.74) is 2.56. The van der Waals surface area contributed by atoms with Crippen molar-refractivity contribution in [2.45, 2.75) is 0 Å². The Kier molecular flexibility index (Phi) is 3.33. The van der Waals surface area contributed by atoms with Crippen molar-refractivity contribution in [2.24, 2.45) is 0 Å². The lowest BCUT2D eigenvalue weighted by Gasteiger charge is -2.26. The Morgan fingerprint density at radius 3 is 2.69 bits per heavy atom. The molecule has 0 bridgehead atoms. The third-order valence-corrected chi connectivity index (χ3v) is 2.23. The number of amides is 1. The molecule has 6 nitrogen and oxygen atoms in total. The minimum atomic E-state index is -0.470. The highest BCUT2D eigenvalue weighted by atomic mass is 16.5. The summed E-state index contributed by atoms with van der Waals surface area (Å²) in [6, 6.07) is 2.65. The van der Waals surface area contributed by atoms with Gasteiger partial charge in [0.1, 0.15) is 6.26 Å². The van der Waals surface area contributed by atoms with Gasteiger partial charge in [0.2, 0.25) is 0 Å². The van der Waals surface area contributed by atoms with Gasteiger partial charge in [-0.15, -0.1) is 0 Å². The van der Waals surface area contributed by atoms with E-state index in [2.05, 4.69) is 9.84 Å². The van der Waals surface area contributed by atoms with Gasteiger partial charge in [0, 0.05) is 19.2 Å².